The van der Waals surface area contributed by atoms with Crippen molar-refractivity contribution in [3.8, 4) is 0 Å². The highest BCUT2D eigenvalue weighted by Gasteiger charge is 2.35. The summed E-state index contributed by atoms with van der Waals surface area (Å²) in [7, 11) is 3.14. The molecule has 0 bridgehead atoms. The average molecular weight is 273 g/mol. The third-order valence-electron chi connectivity index (χ3n) is 2.31. The van der Waals surface area contributed by atoms with E-state index in [9.17, 15) is 4.79 Å². The van der Waals surface area contributed by atoms with Gasteiger partial charge in [-0.05, 0) is 31.2 Å². The molecular weight excluding hydrogens is 254 g/mol. The van der Waals surface area contributed by atoms with Crippen LogP contribution in [0.4, 0.5) is 0 Å². The first-order valence-electron chi connectivity index (χ1n) is 5.60. The summed E-state index contributed by atoms with van der Waals surface area (Å²) < 4.78 is 6.41. The minimum Gasteiger partial charge on any atom is -0.468 e. The topological polar surface area (TPSA) is 81.9 Å². The first kappa shape index (κ1) is 14.9. The summed E-state index contributed by atoms with van der Waals surface area (Å²) in [6, 6.07) is 0.173. The van der Waals surface area contributed by atoms with Crippen LogP contribution < -0.4 is 5.32 Å². The lowest BCUT2D eigenvalue weighted by Gasteiger charge is -2.29. The monoisotopic (exact) mass is 273 g/mol. The number of hydrogen-bond acceptors (Lipinski definition) is 7. The normalized spacial score (nSPS) is 14.6. The molecule has 0 aliphatic carbocycles. The van der Waals surface area contributed by atoms with E-state index in [-0.39, 0.29) is 12.0 Å². The van der Waals surface area contributed by atoms with Crippen molar-refractivity contribution in [2.75, 3.05) is 12.9 Å². The van der Waals surface area contributed by atoms with Crippen LogP contribution in [0.25, 0.3) is 0 Å². The van der Waals surface area contributed by atoms with E-state index in [0.717, 1.165) is 0 Å². The Bertz CT molecular complexity index is 409. The number of rotatable bonds is 6. The molecule has 1 heterocycles. The Balaban J connectivity index is 2.73. The van der Waals surface area contributed by atoms with E-state index in [1.54, 1.807) is 11.7 Å². The highest BCUT2D eigenvalue weighted by molar-refractivity contribution is 7.99. The lowest BCUT2D eigenvalue weighted by atomic mass is 10.0. The summed E-state index contributed by atoms with van der Waals surface area (Å²) in [6.07, 6.45) is 0. The Morgan fingerprint density at radius 1 is 1.61 bits per heavy atom. The number of carbonyl (C=O) groups excluding carboxylic acids is 1. The van der Waals surface area contributed by atoms with Crippen molar-refractivity contribution in [2.45, 2.75) is 37.5 Å². The van der Waals surface area contributed by atoms with Gasteiger partial charge >= 0.3 is 5.97 Å². The SMILES string of the molecule is COC(=O)C(C)(CSc1nnnn1C)NC(C)C. The fraction of sp³-hybridized carbons (Fsp3) is 0.800. The fourth-order valence-electron chi connectivity index (χ4n) is 1.57. The second-order valence-corrected chi connectivity index (χ2v) is 5.44. The minimum absolute atomic E-state index is 0.173. The Morgan fingerprint density at radius 2 is 2.28 bits per heavy atom. The first-order chi connectivity index (χ1) is 8.39. The number of nitrogens with one attached hydrogen (secondary N) is 1. The van der Waals surface area contributed by atoms with Crippen LogP contribution in [0, 0.1) is 0 Å². The van der Waals surface area contributed by atoms with Gasteiger partial charge in [-0.3, -0.25) is 10.1 Å². The number of ether oxygens (including phenoxy) is 1. The molecule has 102 valence electrons. The van der Waals surface area contributed by atoms with Crippen LogP contribution in [0.5, 0.6) is 0 Å². The predicted molar refractivity (Wildman–Crippen MR) is 68.2 cm³/mol. The molecule has 18 heavy (non-hydrogen) atoms. The quantitative estimate of drug-likeness (QED) is 0.587. The smallest absolute Gasteiger partial charge is 0.326 e. The third-order valence-corrected chi connectivity index (χ3v) is 3.64. The zero-order chi connectivity index (χ0) is 13.8. The molecule has 8 heteroatoms. The van der Waals surface area contributed by atoms with E-state index in [2.05, 4.69) is 20.8 Å². The number of methoxy groups -OCH3 is 1. The van der Waals surface area contributed by atoms with Crippen LogP contribution in [0.15, 0.2) is 5.16 Å². The van der Waals surface area contributed by atoms with Crippen molar-refractivity contribution in [1.82, 2.24) is 25.5 Å². The Labute approximate surface area is 111 Å². The number of tetrazole rings is 1. The number of nitrogens with zero attached hydrogens (tertiary/aromatic N) is 4. The van der Waals surface area contributed by atoms with Crippen LogP contribution in [0.2, 0.25) is 0 Å². The molecule has 0 aromatic carbocycles. The maximum Gasteiger partial charge on any atom is 0.326 e. The molecule has 1 atom stereocenters. The van der Waals surface area contributed by atoms with Crippen molar-refractivity contribution in [3.63, 3.8) is 0 Å². The van der Waals surface area contributed by atoms with Crippen LogP contribution in [-0.2, 0) is 16.6 Å². The van der Waals surface area contributed by atoms with Gasteiger partial charge in [-0.25, -0.2) is 4.68 Å². The van der Waals surface area contributed by atoms with Gasteiger partial charge in [0, 0.05) is 18.8 Å². The molecule has 0 saturated heterocycles. The second kappa shape index (κ2) is 6.14. The van der Waals surface area contributed by atoms with Gasteiger partial charge in [-0.2, -0.15) is 0 Å². The molecule has 0 fully saturated rings. The Hall–Kier alpha value is -1.15. The molecule has 1 unspecified atom stereocenters. The first-order valence-corrected chi connectivity index (χ1v) is 6.59. The lowest BCUT2D eigenvalue weighted by molar-refractivity contribution is -0.147. The summed E-state index contributed by atoms with van der Waals surface area (Å²) in [5.41, 5.74) is -0.764. The fourth-order valence-corrected chi connectivity index (χ4v) is 2.51. The summed E-state index contributed by atoms with van der Waals surface area (Å²) in [5.74, 6) is 0.199. The summed E-state index contributed by atoms with van der Waals surface area (Å²) in [6.45, 7) is 5.78. The van der Waals surface area contributed by atoms with E-state index in [0.29, 0.717) is 10.9 Å². The number of thioether (sulfide) groups is 1. The van der Waals surface area contributed by atoms with Gasteiger partial charge in [0.1, 0.15) is 5.54 Å². The van der Waals surface area contributed by atoms with Crippen LogP contribution in [0.1, 0.15) is 20.8 Å². The van der Waals surface area contributed by atoms with Gasteiger partial charge in [0.2, 0.25) is 5.16 Å². The molecule has 0 aliphatic rings. The van der Waals surface area contributed by atoms with Crippen molar-refractivity contribution >= 4 is 17.7 Å². The zero-order valence-corrected chi connectivity index (χ0v) is 12.1. The highest BCUT2D eigenvalue weighted by Crippen LogP contribution is 2.21. The largest absolute Gasteiger partial charge is 0.468 e. The Kier molecular flexibility index (Phi) is 5.09. The van der Waals surface area contributed by atoms with Crippen molar-refractivity contribution in [3.05, 3.63) is 0 Å². The molecule has 0 saturated carbocycles. The number of carbonyl (C=O) groups is 1. The van der Waals surface area contributed by atoms with E-state index in [1.807, 2.05) is 20.8 Å². The minimum atomic E-state index is -0.764. The van der Waals surface area contributed by atoms with Crippen LogP contribution in [0.3, 0.4) is 0 Å². The van der Waals surface area contributed by atoms with Gasteiger partial charge in [-0.1, -0.05) is 11.8 Å². The molecule has 1 aromatic heterocycles. The Morgan fingerprint density at radius 3 is 2.72 bits per heavy atom. The zero-order valence-electron chi connectivity index (χ0n) is 11.3. The van der Waals surface area contributed by atoms with Crippen LogP contribution in [-0.4, -0.2) is 50.6 Å². The summed E-state index contributed by atoms with van der Waals surface area (Å²) in [5, 5.41) is 15.0. The predicted octanol–water partition coefficient (Wildman–Crippen LogP) is 0.232. The van der Waals surface area contributed by atoms with Gasteiger partial charge in [0.05, 0.1) is 7.11 Å². The molecule has 1 rings (SSSR count). The third kappa shape index (κ3) is 3.67. The molecule has 0 aliphatic heterocycles. The number of aryl methyl sites for hydroxylation is 1. The van der Waals surface area contributed by atoms with Gasteiger partial charge in [0.25, 0.3) is 0 Å². The van der Waals surface area contributed by atoms with Crippen molar-refractivity contribution < 1.29 is 9.53 Å². The molecule has 1 aromatic rings. The maximum atomic E-state index is 11.9. The molecule has 1 N–H and O–H groups in total. The molecular formula is C10H19N5O2S. The van der Waals surface area contributed by atoms with Gasteiger partial charge in [0.15, 0.2) is 0 Å². The average Bonchev–Trinajstić information content (AvgIpc) is 2.70. The maximum absolute atomic E-state index is 11.9. The van der Waals surface area contributed by atoms with Gasteiger partial charge < -0.3 is 4.74 Å². The molecule has 7 nitrogen and oxygen atoms in total. The highest BCUT2D eigenvalue weighted by atomic mass is 32.2. The van der Waals surface area contributed by atoms with E-state index in [4.69, 9.17) is 4.74 Å². The standard InChI is InChI=1S/C10H19N5O2S/c1-7(2)11-10(3,8(16)17-5)6-18-9-12-13-14-15(9)4/h7,11H,6H2,1-5H3. The van der Waals surface area contributed by atoms with Crippen molar-refractivity contribution in [2.24, 2.45) is 7.05 Å². The van der Waals surface area contributed by atoms with E-state index in [1.165, 1.54) is 18.9 Å². The molecule has 0 radical (unpaired) electrons. The molecule has 0 amide bonds. The summed E-state index contributed by atoms with van der Waals surface area (Å²) in [4.78, 5) is 11.9. The van der Waals surface area contributed by atoms with E-state index < -0.39 is 5.54 Å². The van der Waals surface area contributed by atoms with E-state index >= 15 is 0 Å². The van der Waals surface area contributed by atoms with Crippen LogP contribution >= 0.6 is 11.8 Å². The number of esters is 1. The lowest BCUT2D eigenvalue weighted by Crippen LogP contribution is -2.54. The van der Waals surface area contributed by atoms with Gasteiger partial charge in [-0.15, -0.1) is 5.10 Å². The second-order valence-electron chi connectivity index (χ2n) is 4.50. The summed E-state index contributed by atoms with van der Waals surface area (Å²) >= 11 is 1.41. The number of aromatic nitrogens is 4. The number of hydrogen-bond donors (Lipinski definition) is 1. The molecule has 0 spiro atoms. The van der Waals surface area contributed by atoms with Crippen molar-refractivity contribution in [1.29, 1.82) is 0 Å².